The molecule has 1 aromatic rings. The van der Waals surface area contributed by atoms with Gasteiger partial charge in [0.1, 0.15) is 0 Å². The number of rotatable bonds is 9. The summed E-state index contributed by atoms with van der Waals surface area (Å²) in [5, 5.41) is 0. The Morgan fingerprint density at radius 2 is 1.80 bits per heavy atom. The lowest BCUT2D eigenvalue weighted by Gasteiger charge is -2.17. The SMILES string of the molecule is CCCOC(=O)CCCCCCn1c2nc(=O)[nH]c(=O)c-2nc2cc(C)c(C)cc21. The number of carbonyl (C=O) groups is 1. The number of H-pyrrole nitrogens is 1. The Hall–Kier alpha value is -3.03. The first kappa shape index (κ1) is 21.7. The topological polar surface area (TPSA) is 107 Å². The smallest absolute Gasteiger partial charge is 0.349 e. The lowest BCUT2D eigenvalue weighted by atomic mass is 10.1. The number of aromatic amines is 1. The number of esters is 1. The van der Waals surface area contributed by atoms with Crippen molar-refractivity contribution in [3.8, 4) is 11.5 Å². The van der Waals surface area contributed by atoms with Crippen LogP contribution < -0.4 is 11.2 Å². The van der Waals surface area contributed by atoms with Crippen LogP contribution in [-0.2, 0) is 16.1 Å². The number of unbranched alkanes of at least 4 members (excludes halogenated alkanes) is 3. The molecule has 160 valence electrons. The van der Waals surface area contributed by atoms with E-state index in [1.807, 2.05) is 37.5 Å². The first-order valence-electron chi connectivity index (χ1n) is 10.5. The third kappa shape index (κ3) is 4.93. The molecular formula is C22H28N4O4. The third-order valence-electron chi connectivity index (χ3n) is 5.20. The second kappa shape index (κ2) is 9.65. The Bertz CT molecular complexity index is 1130. The van der Waals surface area contributed by atoms with E-state index in [-0.39, 0.29) is 11.7 Å². The first-order chi connectivity index (χ1) is 14.4. The van der Waals surface area contributed by atoms with Gasteiger partial charge in [-0.15, -0.1) is 0 Å². The van der Waals surface area contributed by atoms with Gasteiger partial charge in [0.25, 0.3) is 5.56 Å². The fourth-order valence-electron chi connectivity index (χ4n) is 3.46. The van der Waals surface area contributed by atoms with Crippen LogP contribution in [0.5, 0.6) is 0 Å². The van der Waals surface area contributed by atoms with E-state index in [1.54, 1.807) is 0 Å². The van der Waals surface area contributed by atoms with E-state index >= 15 is 0 Å². The predicted octanol–water partition coefficient (Wildman–Crippen LogP) is 3.11. The summed E-state index contributed by atoms with van der Waals surface area (Å²) in [5.74, 6) is 0.164. The average molecular weight is 412 g/mol. The maximum absolute atomic E-state index is 12.3. The molecule has 0 unspecified atom stereocenters. The summed E-state index contributed by atoms with van der Waals surface area (Å²) in [5.41, 5.74) is 2.72. The molecule has 2 aliphatic rings. The zero-order chi connectivity index (χ0) is 21.7. The molecule has 0 aromatic heterocycles. The van der Waals surface area contributed by atoms with Crippen molar-refractivity contribution >= 4 is 17.0 Å². The molecule has 0 aliphatic carbocycles. The minimum Gasteiger partial charge on any atom is -0.466 e. The maximum atomic E-state index is 12.3. The number of carbonyl (C=O) groups excluding carboxylic acids is 1. The Morgan fingerprint density at radius 1 is 1.07 bits per heavy atom. The quantitative estimate of drug-likeness (QED) is 0.329. The largest absolute Gasteiger partial charge is 0.466 e. The Labute approximate surface area is 174 Å². The van der Waals surface area contributed by atoms with Crippen LogP contribution in [-0.4, -0.2) is 32.1 Å². The normalized spacial score (nSPS) is 11.3. The highest BCUT2D eigenvalue weighted by atomic mass is 16.5. The molecule has 1 N–H and O–H groups in total. The van der Waals surface area contributed by atoms with E-state index in [0.29, 0.717) is 30.9 Å². The zero-order valence-corrected chi connectivity index (χ0v) is 17.8. The Kier molecular flexibility index (Phi) is 6.97. The molecular weight excluding hydrogens is 384 g/mol. The van der Waals surface area contributed by atoms with Gasteiger partial charge in [-0.25, -0.2) is 9.78 Å². The molecule has 2 aliphatic heterocycles. The van der Waals surface area contributed by atoms with E-state index in [0.717, 1.165) is 48.7 Å². The maximum Gasteiger partial charge on any atom is 0.349 e. The van der Waals surface area contributed by atoms with Gasteiger partial charge in [0.2, 0.25) is 0 Å². The van der Waals surface area contributed by atoms with Gasteiger partial charge < -0.3 is 9.30 Å². The Morgan fingerprint density at radius 3 is 2.57 bits per heavy atom. The van der Waals surface area contributed by atoms with E-state index in [9.17, 15) is 14.4 Å². The zero-order valence-electron chi connectivity index (χ0n) is 17.8. The van der Waals surface area contributed by atoms with Gasteiger partial charge in [0.15, 0.2) is 11.5 Å². The van der Waals surface area contributed by atoms with Crippen LogP contribution in [0.4, 0.5) is 0 Å². The number of aromatic nitrogens is 4. The molecule has 30 heavy (non-hydrogen) atoms. The lowest BCUT2D eigenvalue weighted by Crippen LogP contribution is -2.29. The Balaban J connectivity index is 1.78. The average Bonchev–Trinajstić information content (AvgIpc) is 2.70. The number of hydrogen-bond acceptors (Lipinski definition) is 6. The molecule has 2 heterocycles. The van der Waals surface area contributed by atoms with Crippen molar-refractivity contribution in [2.45, 2.75) is 65.8 Å². The van der Waals surface area contributed by atoms with Gasteiger partial charge in [-0.05, 0) is 56.4 Å². The van der Waals surface area contributed by atoms with E-state index in [1.165, 1.54) is 0 Å². The fourth-order valence-corrected chi connectivity index (χ4v) is 3.46. The van der Waals surface area contributed by atoms with Crippen LogP contribution in [0.1, 0.15) is 56.6 Å². The third-order valence-corrected chi connectivity index (χ3v) is 5.20. The molecule has 8 heteroatoms. The van der Waals surface area contributed by atoms with Gasteiger partial charge in [0.05, 0.1) is 17.6 Å². The van der Waals surface area contributed by atoms with Crippen molar-refractivity contribution in [3.05, 3.63) is 44.1 Å². The minimum atomic E-state index is -0.670. The molecule has 1 aromatic carbocycles. The van der Waals surface area contributed by atoms with Gasteiger partial charge in [0, 0.05) is 13.0 Å². The summed E-state index contributed by atoms with van der Waals surface area (Å²) in [6.07, 6.45) is 4.70. The molecule has 0 saturated heterocycles. The second-order valence-electron chi connectivity index (χ2n) is 7.62. The molecule has 0 atom stereocenters. The van der Waals surface area contributed by atoms with Crippen molar-refractivity contribution in [1.29, 1.82) is 0 Å². The highest BCUT2D eigenvalue weighted by molar-refractivity contribution is 5.81. The standard InChI is InChI=1S/C22H28N4O4/c1-4-11-30-18(27)9-7-5-6-8-10-26-17-13-15(3)14(2)12-16(17)23-19-20(26)24-22(29)25-21(19)28/h12-13H,4-11H2,1-3H3,(H,25,28,29). The van der Waals surface area contributed by atoms with E-state index in [2.05, 4.69) is 15.0 Å². The highest BCUT2D eigenvalue weighted by Gasteiger charge is 2.19. The van der Waals surface area contributed by atoms with Crippen LogP contribution in [0.25, 0.3) is 22.6 Å². The fraction of sp³-hybridized carbons (Fsp3) is 0.500. The van der Waals surface area contributed by atoms with Gasteiger partial charge in [-0.1, -0.05) is 19.8 Å². The molecule has 8 nitrogen and oxygen atoms in total. The van der Waals surface area contributed by atoms with Crippen LogP contribution in [0.3, 0.4) is 0 Å². The summed E-state index contributed by atoms with van der Waals surface area (Å²) in [6, 6.07) is 3.97. The molecule has 0 bridgehead atoms. The number of ether oxygens (including phenoxy) is 1. The summed E-state index contributed by atoms with van der Waals surface area (Å²) < 4.78 is 7.00. The monoisotopic (exact) mass is 412 g/mol. The predicted molar refractivity (Wildman–Crippen MR) is 115 cm³/mol. The number of aryl methyl sites for hydroxylation is 3. The highest BCUT2D eigenvalue weighted by Crippen LogP contribution is 2.24. The molecule has 0 fully saturated rings. The minimum absolute atomic E-state index is 0.144. The molecule has 0 spiro atoms. The van der Waals surface area contributed by atoms with Crippen LogP contribution >= 0.6 is 0 Å². The van der Waals surface area contributed by atoms with Gasteiger partial charge >= 0.3 is 11.7 Å². The van der Waals surface area contributed by atoms with Gasteiger partial charge in [-0.2, -0.15) is 4.98 Å². The lowest BCUT2D eigenvalue weighted by molar-refractivity contribution is -0.143. The number of benzene rings is 1. The number of hydrogen-bond donors (Lipinski definition) is 1. The summed E-state index contributed by atoms with van der Waals surface area (Å²) >= 11 is 0. The summed E-state index contributed by atoms with van der Waals surface area (Å²) in [7, 11) is 0. The van der Waals surface area contributed by atoms with Crippen LogP contribution in [0.2, 0.25) is 0 Å². The number of fused-ring (bicyclic) bond motifs is 2. The van der Waals surface area contributed by atoms with Gasteiger partial charge in [-0.3, -0.25) is 14.6 Å². The first-order valence-corrected chi connectivity index (χ1v) is 10.5. The van der Waals surface area contributed by atoms with Crippen LogP contribution in [0.15, 0.2) is 21.7 Å². The van der Waals surface area contributed by atoms with Crippen LogP contribution in [0, 0.1) is 13.8 Å². The van der Waals surface area contributed by atoms with Crippen molar-refractivity contribution < 1.29 is 9.53 Å². The van der Waals surface area contributed by atoms with Crippen molar-refractivity contribution in [2.24, 2.45) is 0 Å². The summed E-state index contributed by atoms with van der Waals surface area (Å²) in [6.45, 7) is 7.07. The molecule has 3 rings (SSSR count). The molecule has 0 amide bonds. The van der Waals surface area contributed by atoms with E-state index in [4.69, 9.17) is 4.74 Å². The number of nitrogens with zero attached hydrogens (tertiary/aromatic N) is 3. The molecule has 0 saturated carbocycles. The van der Waals surface area contributed by atoms with Crippen molar-refractivity contribution in [3.63, 3.8) is 0 Å². The second-order valence-corrected chi connectivity index (χ2v) is 7.62. The van der Waals surface area contributed by atoms with E-state index < -0.39 is 11.2 Å². The van der Waals surface area contributed by atoms with Crippen molar-refractivity contribution in [2.75, 3.05) is 6.61 Å². The van der Waals surface area contributed by atoms with Crippen molar-refractivity contribution in [1.82, 2.24) is 19.5 Å². The summed E-state index contributed by atoms with van der Waals surface area (Å²) in [4.78, 5) is 46.4. The molecule has 0 radical (unpaired) electrons. The number of nitrogens with one attached hydrogen (secondary N) is 1.